The number of benzene rings is 2. The van der Waals surface area contributed by atoms with E-state index in [9.17, 15) is 9.59 Å². The van der Waals surface area contributed by atoms with Gasteiger partial charge in [0.2, 0.25) is 5.91 Å². The average Bonchev–Trinajstić information content (AvgIpc) is 3.21. The molecule has 0 aliphatic carbocycles. The summed E-state index contributed by atoms with van der Waals surface area (Å²) in [6, 6.07) is 15.7. The van der Waals surface area contributed by atoms with Crippen molar-refractivity contribution in [2.45, 2.75) is 39.8 Å². The standard InChI is InChI=1S/C24H31N3O3/c1-3-26(4-2)17-20-12-10-19(11-13-20)16-25-23(28)18-30-22-8-5-7-21(15-22)27-14-6-9-24(27)29/h5,7-8,10-13,15H,3-4,6,9,14,16-18H2,1-2H3,(H,25,28). The van der Waals surface area contributed by atoms with E-state index in [1.807, 2.05) is 18.2 Å². The van der Waals surface area contributed by atoms with E-state index in [4.69, 9.17) is 4.74 Å². The number of carbonyl (C=O) groups excluding carboxylic acids is 2. The maximum absolute atomic E-state index is 12.2. The molecule has 1 heterocycles. The number of rotatable bonds is 10. The van der Waals surface area contributed by atoms with Crippen molar-refractivity contribution < 1.29 is 14.3 Å². The Hall–Kier alpha value is -2.86. The smallest absolute Gasteiger partial charge is 0.258 e. The van der Waals surface area contributed by atoms with Crippen molar-refractivity contribution in [2.24, 2.45) is 0 Å². The van der Waals surface area contributed by atoms with Crippen molar-refractivity contribution in [1.82, 2.24) is 10.2 Å². The van der Waals surface area contributed by atoms with E-state index in [1.54, 1.807) is 11.0 Å². The molecule has 2 aromatic rings. The van der Waals surface area contributed by atoms with E-state index >= 15 is 0 Å². The van der Waals surface area contributed by atoms with Crippen LogP contribution in [0.15, 0.2) is 48.5 Å². The predicted molar refractivity (Wildman–Crippen MR) is 118 cm³/mol. The Kier molecular flexibility index (Phi) is 7.85. The van der Waals surface area contributed by atoms with Gasteiger partial charge in [-0.25, -0.2) is 0 Å². The fraction of sp³-hybridized carbons (Fsp3) is 0.417. The Balaban J connectivity index is 1.44. The summed E-state index contributed by atoms with van der Waals surface area (Å²) in [6.07, 6.45) is 1.46. The fourth-order valence-electron chi connectivity index (χ4n) is 3.53. The minimum atomic E-state index is -0.176. The molecule has 0 radical (unpaired) electrons. The molecular formula is C24H31N3O3. The molecule has 0 spiro atoms. The highest BCUT2D eigenvalue weighted by Gasteiger charge is 2.21. The number of nitrogens with zero attached hydrogens (tertiary/aromatic N) is 2. The van der Waals surface area contributed by atoms with E-state index in [2.05, 4.69) is 48.3 Å². The van der Waals surface area contributed by atoms with Crippen LogP contribution in [0.4, 0.5) is 5.69 Å². The molecule has 0 saturated carbocycles. The van der Waals surface area contributed by atoms with E-state index in [0.717, 1.165) is 43.9 Å². The molecule has 1 aliphatic heterocycles. The summed E-state index contributed by atoms with van der Waals surface area (Å²) in [7, 11) is 0. The van der Waals surface area contributed by atoms with Gasteiger partial charge in [0.1, 0.15) is 5.75 Å². The monoisotopic (exact) mass is 409 g/mol. The zero-order valence-electron chi connectivity index (χ0n) is 17.9. The van der Waals surface area contributed by atoms with Crippen molar-refractivity contribution >= 4 is 17.5 Å². The Morgan fingerprint density at radius 3 is 2.50 bits per heavy atom. The summed E-state index contributed by atoms with van der Waals surface area (Å²) < 4.78 is 5.62. The molecule has 160 valence electrons. The van der Waals surface area contributed by atoms with Gasteiger partial charge in [0.05, 0.1) is 0 Å². The Bertz CT molecular complexity index is 847. The quantitative estimate of drug-likeness (QED) is 0.654. The summed E-state index contributed by atoms with van der Waals surface area (Å²) in [5.41, 5.74) is 3.15. The number of nitrogens with one attached hydrogen (secondary N) is 1. The third-order valence-corrected chi connectivity index (χ3v) is 5.39. The molecule has 1 fully saturated rings. The molecule has 1 N–H and O–H groups in total. The number of amides is 2. The highest BCUT2D eigenvalue weighted by Crippen LogP contribution is 2.25. The third kappa shape index (κ3) is 6.07. The van der Waals surface area contributed by atoms with Crippen molar-refractivity contribution in [1.29, 1.82) is 0 Å². The van der Waals surface area contributed by atoms with E-state index < -0.39 is 0 Å². The molecule has 1 aliphatic rings. The molecule has 1 saturated heterocycles. The van der Waals surface area contributed by atoms with E-state index in [0.29, 0.717) is 18.7 Å². The normalized spacial score (nSPS) is 13.7. The van der Waals surface area contributed by atoms with Crippen LogP contribution < -0.4 is 15.0 Å². The first-order chi connectivity index (χ1) is 14.6. The third-order valence-electron chi connectivity index (χ3n) is 5.39. The predicted octanol–water partition coefficient (Wildman–Crippen LogP) is 3.35. The van der Waals surface area contributed by atoms with E-state index in [1.165, 1.54) is 5.56 Å². The number of anilines is 1. The second kappa shape index (κ2) is 10.8. The molecule has 6 heteroatoms. The van der Waals surface area contributed by atoms with Crippen molar-refractivity contribution in [3.8, 4) is 5.75 Å². The number of hydrogen-bond donors (Lipinski definition) is 1. The SMILES string of the molecule is CCN(CC)Cc1ccc(CNC(=O)COc2cccc(N3CCCC3=O)c2)cc1. The van der Waals surface area contributed by atoms with Gasteiger partial charge in [0, 0.05) is 37.8 Å². The first-order valence-corrected chi connectivity index (χ1v) is 10.7. The van der Waals surface area contributed by atoms with Crippen molar-refractivity contribution in [3.63, 3.8) is 0 Å². The summed E-state index contributed by atoms with van der Waals surface area (Å²) in [4.78, 5) is 28.2. The average molecular weight is 410 g/mol. The first kappa shape index (κ1) is 21.8. The molecule has 30 heavy (non-hydrogen) atoms. The summed E-state index contributed by atoms with van der Waals surface area (Å²) in [5.74, 6) is 0.543. The first-order valence-electron chi connectivity index (χ1n) is 10.7. The molecular weight excluding hydrogens is 378 g/mol. The molecule has 3 rings (SSSR count). The molecule has 2 aromatic carbocycles. The number of ether oxygens (including phenoxy) is 1. The van der Waals surface area contributed by atoms with Crippen LogP contribution in [-0.4, -0.2) is 43.0 Å². The highest BCUT2D eigenvalue weighted by molar-refractivity contribution is 5.95. The maximum Gasteiger partial charge on any atom is 0.258 e. The van der Waals surface area contributed by atoms with Crippen LogP contribution in [0.5, 0.6) is 5.75 Å². The summed E-state index contributed by atoms with van der Waals surface area (Å²) in [5, 5.41) is 2.89. The van der Waals surface area contributed by atoms with Gasteiger partial charge in [-0.3, -0.25) is 14.5 Å². The van der Waals surface area contributed by atoms with Gasteiger partial charge >= 0.3 is 0 Å². The summed E-state index contributed by atoms with van der Waals surface area (Å²) >= 11 is 0. The molecule has 6 nitrogen and oxygen atoms in total. The van der Waals surface area contributed by atoms with Crippen LogP contribution in [0, 0.1) is 0 Å². The molecule has 0 bridgehead atoms. The van der Waals surface area contributed by atoms with Crippen LogP contribution in [0.25, 0.3) is 0 Å². The van der Waals surface area contributed by atoms with Crippen molar-refractivity contribution in [2.75, 3.05) is 31.1 Å². The lowest BCUT2D eigenvalue weighted by molar-refractivity contribution is -0.123. The lowest BCUT2D eigenvalue weighted by Crippen LogP contribution is -2.28. The van der Waals surface area contributed by atoms with Gasteiger partial charge in [0.25, 0.3) is 5.91 Å². The molecule has 0 aromatic heterocycles. The largest absolute Gasteiger partial charge is 0.484 e. The van der Waals surface area contributed by atoms with Crippen LogP contribution >= 0.6 is 0 Å². The van der Waals surface area contributed by atoms with Gasteiger partial charge in [-0.15, -0.1) is 0 Å². The van der Waals surface area contributed by atoms with Gasteiger partial charge in [0.15, 0.2) is 6.61 Å². The van der Waals surface area contributed by atoms with Crippen molar-refractivity contribution in [3.05, 3.63) is 59.7 Å². The minimum Gasteiger partial charge on any atom is -0.484 e. The molecule has 2 amide bonds. The van der Waals surface area contributed by atoms with Gasteiger partial charge in [-0.1, -0.05) is 44.2 Å². The van der Waals surface area contributed by atoms with Gasteiger partial charge in [-0.05, 0) is 42.8 Å². The number of hydrogen-bond acceptors (Lipinski definition) is 4. The Morgan fingerprint density at radius 1 is 1.10 bits per heavy atom. The van der Waals surface area contributed by atoms with Gasteiger partial charge < -0.3 is 15.0 Å². The lowest BCUT2D eigenvalue weighted by Gasteiger charge is -2.18. The van der Waals surface area contributed by atoms with E-state index in [-0.39, 0.29) is 18.4 Å². The zero-order chi connectivity index (χ0) is 21.3. The molecule has 0 atom stereocenters. The van der Waals surface area contributed by atoms with Gasteiger partial charge in [-0.2, -0.15) is 0 Å². The highest BCUT2D eigenvalue weighted by atomic mass is 16.5. The zero-order valence-corrected chi connectivity index (χ0v) is 17.9. The fourth-order valence-corrected chi connectivity index (χ4v) is 3.53. The Morgan fingerprint density at radius 2 is 1.83 bits per heavy atom. The maximum atomic E-state index is 12.2. The van der Waals surface area contributed by atoms with Crippen LogP contribution in [0.2, 0.25) is 0 Å². The lowest BCUT2D eigenvalue weighted by atomic mass is 10.1. The Labute approximate surface area is 178 Å². The molecule has 0 unspecified atom stereocenters. The van der Waals surface area contributed by atoms with Crippen LogP contribution in [-0.2, 0) is 22.7 Å². The summed E-state index contributed by atoms with van der Waals surface area (Å²) in [6.45, 7) is 8.48. The second-order valence-corrected chi connectivity index (χ2v) is 7.49. The topological polar surface area (TPSA) is 61.9 Å². The van der Waals surface area contributed by atoms with Crippen LogP contribution in [0.1, 0.15) is 37.8 Å². The minimum absolute atomic E-state index is 0.0581. The van der Waals surface area contributed by atoms with Crippen LogP contribution in [0.3, 0.4) is 0 Å². The second-order valence-electron chi connectivity index (χ2n) is 7.49. The number of carbonyl (C=O) groups is 2.